The van der Waals surface area contributed by atoms with Gasteiger partial charge in [0, 0.05) is 12.4 Å². The number of hydrogen-bond acceptors (Lipinski definition) is 5. The lowest BCUT2D eigenvalue weighted by molar-refractivity contribution is -0.193. The van der Waals surface area contributed by atoms with Gasteiger partial charge in [0.1, 0.15) is 6.33 Å². The first kappa shape index (κ1) is 22.4. The average molecular weight is 351 g/mol. The van der Waals surface area contributed by atoms with Crippen molar-refractivity contribution in [1.29, 1.82) is 0 Å². The van der Waals surface area contributed by atoms with E-state index in [4.69, 9.17) is 25.5 Å². The van der Waals surface area contributed by atoms with E-state index in [-0.39, 0.29) is 0 Å². The van der Waals surface area contributed by atoms with Crippen molar-refractivity contribution in [3.05, 3.63) is 24.3 Å². The molecule has 14 heteroatoms. The van der Waals surface area contributed by atoms with Crippen molar-refractivity contribution >= 4 is 17.8 Å². The summed E-state index contributed by atoms with van der Waals surface area (Å²) in [7, 11) is 0. The van der Waals surface area contributed by atoms with Crippen molar-refractivity contribution in [2.45, 2.75) is 12.4 Å². The number of carboxylic acid groups (broad SMARTS) is 2. The van der Waals surface area contributed by atoms with Crippen LogP contribution in [0.4, 0.5) is 26.3 Å². The molecule has 0 aromatic carbocycles. The molecule has 0 unspecified atom stereocenters. The maximum absolute atomic E-state index is 10.6. The molecule has 8 nitrogen and oxygen atoms in total. The molecule has 0 aliphatic heterocycles. The highest BCUT2D eigenvalue weighted by atomic mass is 19.4. The Bertz CT molecular complexity index is 507. The SMILES string of the molecule is NC(=O)c1cncnc1.O=C(O)C(F)(F)F.O=C(O)C(F)(F)F. The third kappa shape index (κ3) is 12.5. The van der Waals surface area contributed by atoms with E-state index in [0.717, 1.165) is 0 Å². The van der Waals surface area contributed by atoms with E-state index in [1.807, 2.05) is 0 Å². The van der Waals surface area contributed by atoms with Crippen molar-refractivity contribution in [1.82, 2.24) is 9.97 Å². The zero-order chi connectivity index (χ0) is 18.8. The summed E-state index contributed by atoms with van der Waals surface area (Å²) in [5.41, 5.74) is 5.23. The van der Waals surface area contributed by atoms with E-state index in [9.17, 15) is 31.1 Å². The quantitative estimate of drug-likeness (QED) is 0.636. The first-order valence-electron chi connectivity index (χ1n) is 4.84. The Hall–Kier alpha value is -2.93. The van der Waals surface area contributed by atoms with E-state index in [0.29, 0.717) is 5.56 Å². The van der Waals surface area contributed by atoms with Gasteiger partial charge in [-0.05, 0) is 0 Å². The summed E-state index contributed by atoms with van der Waals surface area (Å²) in [4.78, 5) is 35.3. The second-order valence-electron chi connectivity index (χ2n) is 3.10. The van der Waals surface area contributed by atoms with Crippen LogP contribution >= 0.6 is 0 Å². The lowest BCUT2D eigenvalue weighted by Gasteiger charge is -1.93. The largest absolute Gasteiger partial charge is 0.490 e. The third-order valence-corrected chi connectivity index (χ3v) is 1.33. The van der Waals surface area contributed by atoms with Gasteiger partial charge >= 0.3 is 24.3 Å². The molecule has 0 saturated heterocycles. The number of carboxylic acids is 2. The van der Waals surface area contributed by atoms with E-state index in [1.165, 1.54) is 18.7 Å². The van der Waals surface area contributed by atoms with E-state index in [2.05, 4.69) is 9.97 Å². The zero-order valence-corrected chi connectivity index (χ0v) is 10.6. The Morgan fingerprint density at radius 1 is 0.870 bits per heavy atom. The molecule has 4 N–H and O–H groups in total. The summed E-state index contributed by atoms with van der Waals surface area (Å²) >= 11 is 0. The summed E-state index contributed by atoms with van der Waals surface area (Å²) in [5.74, 6) is -6.02. The van der Waals surface area contributed by atoms with Gasteiger partial charge < -0.3 is 15.9 Å². The number of alkyl halides is 6. The molecule has 1 heterocycles. The normalized spacial score (nSPS) is 10.3. The number of carbonyl (C=O) groups is 3. The van der Waals surface area contributed by atoms with Crippen LogP contribution in [0.25, 0.3) is 0 Å². The van der Waals surface area contributed by atoms with Gasteiger partial charge in [0.15, 0.2) is 0 Å². The Kier molecular flexibility index (Phi) is 8.90. The molecule has 0 radical (unpaired) electrons. The number of rotatable bonds is 1. The lowest BCUT2D eigenvalue weighted by atomic mass is 10.3. The van der Waals surface area contributed by atoms with Gasteiger partial charge in [-0.15, -0.1) is 0 Å². The number of nitrogens with zero attached hydrogens (tertiary/aromatic N) is 2. The van der Waals surface area contributed by atoms with Crippen molar-refractivity contribution in [2.24, 2.45) is 5.73 Å². The Balaban J connectivity index is 0. The summed E-state index contributed by atoms with van der Waals surface area (Å²) in [5, 5.41) is 14.2. The maximum atomic E-state index is 10.6. The van der Waals surface area contributed by atoms with Crippen LogP contribution < -0.4 is 5.73 Å². The van der Waals surface area contributed by atoms with Crippen molar-refractivity contribution in [2.75, 3.05) is 0 Å². The number of primary amides is 1. The molecule has 0 aliphatic carbocycles. The molecular formula is C9H7F6N3O5. The molecule has 0 aliphatic rings. The monoisotopic (exact) mass is 351 g/mol. The number of amides is 1. The van der Waals surface area contributed by atoms with Crippen LogP contribution in [0.5, 0.6) is 0 Å². The van der Waals surface area contributed by atoms with Gasteiger partial charge in [-0.1, -0.05) is 0 Å². The first-order chi connectivity index (χ1) is 10.2. The molecule has 0 atom stereocenters. The minimum atomic E-state index is -5.08. The minimum absolute atomic E-state index is 0.331. The summed E-state index contributed by atoms with van der Waals surface area (Å²) in [6, 6.07) is 0. The third-order valence-electron chi connectivity index (χ3n) is 1.33. The van der Waals surface area contributed by atoms with Crippen LogP contribution in [-0.2, 0) is 9.59 Å². The van der Waals surface area contributed by atoms with E-state index < -0.39 is 30.2 Å². The van der Waals surface area contributed by atoms with Gasteiger partial charge in [-0.25, -0.2) is 19.6 Å². The van der Waals surface area contributed by atoms with Crippen LogP contribution in [0.15, 0.2) is 18.7 Å². The van der Waals surface area contributed by atoms with Crippen LogP contribution in [0.2, 0.25) is 0 Å². The number of carbonyl (C=O) groups excluding carboxylic acids is 1. The minimum Gasteiger partial charge on any atom is -0.475 e. The molecular weight excluding hydrogens is 344 g/mol. The first-order valence-corrected chi connectivity index (χ1v) is 4.84. The molecule has 0 fully saturated rings. The predicted octanol–water partition coefficient (Wildman–Crippen LogP) is 0.842. The van der Waals surface area contributed by atoms with Crippen molar-refractivity contribution in [3.63, 3.8) is 0 Å². The van der Waals surface area contributed by atoms with E-state index in [1.54, 1.807) is 0 Å². The van der Waals surface area contributed by atoms with Gasteiger partial charge in [0.05, 0.1) is 5.56 Å². The van der Waals surface area contributed by atoms with Crippen molar-refractivity contribution in [3.8, 4) is 0 Å². The number of aliphatic carboxylic acids is 2. The maximum Gasteiger partial charge on any atom is 0.490 e. The van der Waals surface area contributed by atoms with Gasteiger partial charge in [0.2, 0.25) is 0 Å². The molecule has 1 rings (SSSR count). The van der Waals surface area contributed by atoms with Crippen molar-refractivity contribution < 1.29 is 50.9 Å². The fourth-order valence-corrected chi connectivity index (χ4v) is 0.426. The Morgan fingerprint density at radius 3 is 1.26 bits per heavy atom. The molecule has 0 saturated carbocycles. The lowest BCUT2D eigenvalue weighted by Crippen LogP contribution is -2.21. The standard InChI is InChI=1S/C5H5N3O.2C2HF3O2/c6-5(9)4-1-7-3-8-2-4;2*3-2(4,5)1(6)7/h1-3H,(H2,6,9);2*(H,6,7). The highest BCUT2D eigenvalue weighted by Crippen LogP contribution is 2.13. The summed E-state index contributed by atoms with van der Waals surface area (Å²) in [6.45, 7) is 0. The van der Waals surface area contributed by atoms with Crippen LogP contribution in [-0.4, -0.2) is 50.4 Å². The molecule has 23 heavy (non-hydrogen) atoms. The van der Waals surface area contributed by atoms with Crippen LogP contribution in [0, 0.1) is 0 Å². The highest BCUT2D eigenvalue weighted by Gasteiger charge is 2.38. The fourth-order valence-electron chi connectivity index (χ4n) is 0.426. The van der Waals surface area contributed by atoms with Gasteiger partial charge in [-0.3, -0.25) is 4.79 Å². The highest BCUT2D eigenvalue weighted by molar-refractivity contribution is 5.91. The molecule has 1 amide bonds. The molecule has 130 valence electrons. The number of aromatic nitrogens is 2. The topological polar surface area (TPSA) is 143 Å². The number of hydrogen-bond donors (Lipinski definition) is 3. The molecule has 1 aromatic rings. The number of nitrogens with two attached hydrogens (primary N) is 1. The predicted molar refractivity (Wildman–Crippen MR) is 57.9 cm³/mol. The number of halogens is 6. The average Bonchev–Trinajstić information content (AvgIpc) is 2.38. The van der Waals surface area contributed by atoms with E-state index >= 15 is 0 Å². The molecule has 1 aromatic heterocycles. The second kappa shape index (κ2) is 9.16. The zero-order valence-electron chi connectivity index (χ0n) is 10.6. The van der Waals surface area contributed by atoms with Gasteiger partial charge in [-0.2, -0.15) is 26.3 Å². The van der Waals surface area contributed by atoms with Gasteiger partial charge in [0.25, 0.3) is 5.91 Å². The fraction of sp³-hybridized carbons (Fsp3) is 0.222. The van der Waals surface area contributed by atoms with Crippen LogP contribution in [0.1, 0.15) is 10.4 Å². The Morgan fingerprint density at radius 2 is 1.13 bits per heavy atom. The molecule has 0 bridgehead atoms. The summed E-state index contributed by atoms with van der Waals surface area (Å²) in [6.07, 6.45) is -6.09. The smallest absolute Gasteiger partial charge is 0.475 e. The second-order valence-corrected chi connectivity index (χ2v) is 3.10. The molecule has 0 spiro atoms. The summed E-state index contributed by atoms with van der Waals surface area (Å²) < 4.78 is 63.5. The van der Waals surface area contributed by atoms with Crippen LogP contribution in [0.3, 0.4) is 0 Å². The Labute approximate surface area is 122 Å².